The topological polar surface area (TPSA) is 12.0 Å². The van der Waals surface area contributed by atoms with Gasteiger partial charge in [0.2, 0.25) is 0 Å². The van der Waals surface area contributed by atoms with Gasteiger partial charge in [0.05, 0.1) is 0 Å². The third-order valence-electron chi connectivity index (χ3n) is 4.57. The minimum atomic E-state index is 0.452. The van der Waals surface area contributed by atoms with E-state index in [2.05, 4.69) is 66.3 Å². The molecule has 1 aliphatic carbocycles. The summed E-state index contributed by atoms with van der Waals surface area (Å²) in [5.41, 5.74) is 1.38. The van der Waals surface area contributed by atoms with E-state index in [-0.39, 0.29) is 0 Å². The van der Waals surface area contributed by atoms with Gasteiger partial charge < -0.3 is 5.32 Å². The molecule has 0 bridgehead atoms. The quantitative estimate of drug-likeness (QED) is 0.791. The second-order valence-corrected chi connectivity index (χ2v) is 7.21. The normalized spacial score (nSPS) is 25.5. The molecule has 0 heterocycles. The van der Waals surface area contributed by atoms with Crippen LogP contribution in [0.2, 0.25) is 0 Å². The van der Waals surface area contributed by atoms with Gasteiger partial charge in [-0.1, -0.05) is 41.9 Å². The average Bonchev–Trinajstić information content (AvgIpc) is 2.40. The summed E-state index contributed by atoms with van der Waals surface area (Å²) in [5.74, 6) is 1.80. The third kappa shape index (κ3) is 4.32. The lowest BCUT2D eigenvalue weighted by molar-refractivity contribution is 0.231. The van der Waals surface area contributed by atoms with Crippen LogP contribution in [0.4, 0.5) is 0 Å². The van der Waals surface area contributed by atoms with E-state index >= 15 is 0 Å². The van der Waals surface area contributed by atoms with Gasteiger partial charge in [-0.05, 0) is 62.1 Å². The Hall–Kier alpha value is -0.340. The van der Waals surface area contributed by atoms with Crippen molar-refractivity contribution in [1.82, 2.24) is 5.32 Å². The van der Waals surface area contributed by atoms with Crippen LogP contribution in [0, 0.1) is 11.8 Å². The molecule has 1 aliphatic rings. The first kappa shape index (κ1) is 15.1. The van der Waals surface area contributed by atoms with E-state index in [9.17, 15) is 0 Å². The Balaban J connectivity index is 1.83. The van der Waals surface area contributed by atoms with E-state index in [0.29, 0.717) is 12.1 Å². The summed E-state index contributed by atoms with van der Waals surface area (Å²) in [4.78, 5) is 0. The van der Waals surface area contributed by atoms with E-state index in [1.165, 1.54) is 31.2 Å². The van der Waals surface area contributed by atoms with E-state index in [0.717, 1.165) is 16.3 Å². The Bertz CT molecular complexity index is 377. The zero-order valence-electron chi connectivity index (χ0n) is 12.3. The first-order valence-corrected chi connectivity index (χ1v) is 8.37. The summed E-state index contributed by atoms with van der Waals surface area (Å²) in [6, 6.07) is 9.83. The van der Waals surface area contributed by atoms with Crippen LogP contribution in [-0.2, 0) is 0 Å². The van der Waals surface area contributed by atoms with Crippen molar-refractivity contribution in [3.05, 3.63) is 34.3 Å². The summed E-state index contributed by atoms with van der Waals surface area (Å²) >= 11 is 3.49. The van der Waals surface area contributed by atoms with Crippen molar-refractivity contribution in [1.29, 1.82) is 0 Å². The highest BCUT2D eigenvalue weighted by Crippen LogP contribution is 2.31. The van der Waals surface area contributed by atoms with Crippen LogP contribution in [0.25, 0.3) is 0 Å². The maximum atomic E-state index is 3.80. The van der Waals surface area contributed by atoms with E-state index in [1.54, 1.807) is 0 Å². The zero-order valence-corrected chi connectivity index (χ0v) is 13.9. The summed E-state index contributed by atoms with van der Waals surface area (Å²) in [6.45, 7) is 7.00. The Morgan fingerprint density at radius 3 is 2.11 bits per heavy atom. The Kier molecular flexibility index (Phi) is 5.47. The van der Waals surface area contributed by atoms with Crippen LogP contribution in [0.1, 0.15) is 58.1 Å². The van der Waals surface area contributed by atoms with Crippen molar-refractivity contribution in [2.24, 2.45) is 11.8 Å². The molecule has 1 fully saturated rings. The van der Waals surface area contributed by atoms with E-state index < -0.39 is 0 Å². The Labute approximate surface area is 126 Å². The molecule has 1 aromatic rings. The molecular weight excluding hydrogens is 298 g/mol. The molecule has 1 N–H and O–H groups in total. The standard InChI is InChI=1S/C17H26BrN/c1-12(2)14-6-10-17(11-7-14)19-13(3)15-4-8-16(18)9-5-15/h4-5,8-9,12-14,17,19H,6-7,10-11H2,1-3H3/t13-,14?,17?/m0/s1. The number of halogens is 1. The van der Waals surface area contributed by atoms with Crippen LogP contribution in [0.5, 0.6) is 0 Å². The summed E-state index contributed by atoms with van der Waals surface area (Å²) in [6.07, 6.45) is 5.46. The van der Waals surface area contributed by atoms with Gasteiger partial charge >= 0.3 is 0 Å². The first-order valence-electron chi connectivity index (χ1n) is 7.57. The smallest absolute Gasteiger partial charge is 0.0294 e. The van der Waals surface area contributed by atoms with Crippen LogP contribution in [-0.4, -0.2) is 6.04 Å². The summed E-state index contributed by atoms with van der Waals surface area (Å²) < 4.78 is 1.15. The summed E-state index contributed by atoms with van der Waals surface area (Å²) in [7, 11) is 0. The molecule has 19 heavy (non-hydrogen) atoms. The average molecular weight is 324 g/mol. The van der Waals surface area contributed by atoms with Crippen molar-refractivity contribution < 1.29 is 0 Å². The minimum absolute atomic E-state index is 0.452. The molecule has 0 saturated heterocycles. The molecule has 0 unspecified atom stereocenters. The van der Waals surface area contributed by atoms with Gasteiger partial charge in [-0.25, -0.2) is 0 Å². The first-order chi connectivity index (χ1) is 9.06. The summed E-state index contributed by atoms with van der Waals surface area (Å²) in [5, 5.41) is 3.80. The van der Waals surface area contributed by atoms with Gasteiger partial charge in [0, 0.05) is 16.6 Å². The molecule has 1 atom stereocenters. The Morgan fingerprint density at radius 1 is 1.00 bits per heavy atom. The predicted molar refractivity (Wildman–Crippen MR) is 86.3 cm³/mol. The second-order valence-electron chi connectivity index (χ2n) is 6.30. The largest absolute Gasteiger partial charge is 0.307 e. The SMILES string of the molecule is CC(C)C1CCC(N[C@@H](C)c2ccc(Br)cc2)CC1. The van der Waals surface area contributed by atoms with Gasteiger partial charge in [0.15, 0.2) is 0 Å². The molecule has 1 aromatic carbocycles. The molecule has 106 valence electrons. The fraction of sp³-hybridized carbons (Fsp3) is 0.647. The Morgan fingerprint density at radius 2 is 1.58 bits per heavy atom. The molecule has 0 aromatic heterocycles. The van der Waals surface area contributed by atoms with Gasteiger partial charge in [0.25, 0.3) is 0 Å². The number of benzene rings is 1. The van der Waals surface area contributed by atoms with E-state index in [4.69, 9.17) is 0 Å². The van der Waals surface area contributed by atoms with E-state index in [1.807, 2.05) is 0 Å². The van der Waals surface area contributed by atoms with Gasteiger partial charge in [0.1, 0.15) is 0 Å². The minimum Gasteiger partial charge on any atom is -0.307 e. The lowest BCUT2D eigenvalue weighted by Crippen LogP contribution is -2.35. The third-order valence-corrected chi connectivity index (χ3v) is 5.10. The van der Waals surface area contributed by atoms with Crippen molar-refractivity contribution in [3.8, 4) is 0 Å². The lowest BCUT2D eigenvalue weighted by Gasteiger charge is -2.33. The van der Waals surface area contributed by atoms with Crippen LogP contribution < -0.4 is 5.32 Å². The van der Waals surface area contributed by atoms with Crippen molar-refractivity contribution in [2.45, 2.75) is 58.5 Å². The van der Waals surface area contributed by atoms with Gasteiger partial charge in [-0.3, -0.25) is 0 Å². The highest BCUT2D eigenvalue weighted by Gasteiger charge is 2.24. The van der Waals surface area contributed by atoms with Gasteiger partial charge in [-0.2, -0.15) is 0 Å². The zero-order chi connectivity index (χ0) is 13.8. The molecule has 0 amide bonds. The number of nitrogens with one attached hydrogen (secondary N) is 1. The predicted octanol–water partition coefficient (Wildman–Crippen LogP) is 5.31. The molecule has 1 saturated carbocycles. The molecule has 1 nitrogen and oxygen atoms in total. The second kappa shape index (κ2) is 6.90. The maximum absolute atomic E-state index is 3.80. The lowest BCUT2D eigenvalue weighted by atomic mass is 9.79. The molecule has 0 aliphatic heterocycles. The van der Waals surface area contributed by atoms with Crippen LogP contribution in [0.3, 0.4) is 0 Å². The van der Waals surface area contributed by atoms with Crippen LogP contribution >= 0.6 is 15.9 Å². The maximum Gasteiger partial charge on any atom is 0.0294 e. The van der Waals surface area contributed by atoms with Crippen molar-refractivity contribution in [2.75, 3.05) is 0 Å². The van der Waals surface area contributed by atoms with Gasteiger partial charge in [-0.15, -0.1) is 0 Å². The van der Waals surface area contributed by atoms with Crippen molar-refractivity contribution in [3.63, 3.8) is 0 Å². The molecule has 0 radical (unpaired) electrons. The molecular formula is C17H26BrN. The molecule has 0 spiro atoms. The number of hydrogen-bond acceptors (Lipinski definition) is 1. The van der Waals surface area contributed by atoms with Crippen LogP contribution in [0.15, 0.2) is 28.7 Å². The monoisotopic (exact) mass is 323 g/mol. The number of hydrogen-bond donors (Lipinski definition) is 1. The fourth-order valence-corrected chi connectivity index (χ4v) is 3.42. The highest BCUT2D eigenvalue weighted by molar-refractivity contribution is 9.10. The highest BCUT2D eigenvalue weighted by atomic mass is 79.9. The molecule has 2 heteroatoms. The fourth-order valence-electron chi connectivity index (χ4n) is 3.15. The molecule has 2 rings (SSSR count). The number of rotatable bonds is 4. The van der Waals surface area contributed by atoms with Crippen molar-refractivity contribution >= 4 is 15.9 Å².